The number of carbonyl (C=O) groups excluding carboxylic acids is 1. The maximum atomic E-state index is 13.0. The molecule has 0 radical (unpaired) electrons. The summed E-state index contributed by atoms with van der Waals surface area (Å²) in [5, 5.41) is 3.07. The Kier molecular flexibility index (Phi) is 7.07. The molecule has 2 aromatic heterocycles. The number of oxazole rings is 1. The van der Waals surface area contributed by atoms with Crippen LogP contribution in [0.2, 0.25) is 10.0 Å². The van der Waals surface area contributed by atoms with Gasteiger partial charge in [-0.05, 0) is 50.8 Å². The Morgan fingerprint density at radius 2 is 1.91 bits per heavy atom. The van der Waals surface area contributed by atoms with Crippen LogP contribution in [0.25, 0.3) is 11.5 Å². The maximum Gasteiger partial charge on any atom is 0.278 e. The first-order valence-corrected chi connectivity index (χ1v) is 11.3. The van der Waals surface area contributed by atoms with Gasteiger partial charge < -0.3 is 24.9 Å². The lowest BCUT2D eigenvalue weighted by atomic mass is 10.2. The molecule has 1 aliphatic rings. The van der Waals surface area contributed by atoms with E-state index in [9.17, 15) is 4.79 Å². The summed E-state index contributed by atoms with van der Waals surface area (Å²) in [5.41, 5.74) is 6.96. The molecule has 1 atom stereocenters. The molecule has 0 unspecified atom stereocenters. The van der Waals surface area contributed by atoms with Crippen molar-refractivity contribution in [3.05, 3.63) is 52.1 Å². The van der Waals surface area contributed by atoms with Gasteiger partial charge in [0.05, 0.1) is 35.0 Å². The Hall–Kier alpha value is -2.81. The molecule has 1 aliphatic carbocycles. The van der Waals surface area contributed by atoms with Gasteiger partial charge in [0.1, 0.15) is 0 Å². The molecule has 1 aromatic carbocycles. The Morgan fingerprint density at radius 3 is 2.55 bits per heavy atom. The lowest BCUT2D eigenvalue weighted by molar-refractivity contribution is 0.102. The number of pyridine rings is 1. The van der Waals surface area contributed by atoms with Gasteiger partial charge in [-0.2, -0.15) is 0 Å². The molecular formula is C23H24Cl2N4O4. The van der Waals surface area contributed by atoms with Gasteiger partial charge in [0.25, 0.3) is 5.91 Å². The molecule has 2 heterocycles. The topological polar surface area (TPSA) is 112 Å². The molecule has 0 spiro atoms. The second kappa shape index (κ2) is 9.99. The van der Waals surface area contributed by atoms with Crippen LogP contribution >= 0.6 is 23.2 Å². The number of methoxy groups -OCH3 is 1. The van der Waals surface area contributed by atoms with Crippen LogP contribution in [-0.2, 0) is 0 Å². The molecule has 3 aromatic rings. The van der Waals surface area contributed by atoms with Crippen molar-refractivity contribution in [1.29, 1.82) is 0 Å². The zero-order valence-corrected chi connectivity index (χ0v) is 19.7. The van der Waals surface area contributed by atoms with Crippen LogP contribution in [0, 0.1) is 0 Å². The number of hydrogen-bond donors (Lipinski definition) is 2. The Balaban J connectivity index is 1.67. The van der Waals surface area contributed by atoms with Crippen molar-refractivity contribution in [2.24, 2.45) is 5.73 Å². The van der Waals surface area contributed by atoms with Gasteiger partial charge in [0.2, 0.25) is 5.89 Å². The number of nitrogens with two attached hydrogens (primary N) is 1. The third-order valence-corrected chi connectivity index (χ3v) is 5.95. The van der Waals surface area contributed by atoms with E-state index in [1.54, 1.807) is 32.2 Å². The second-order valence-corrected chi connectivity index (χ2v) is 8.66. The van der Waals surface area contributed by atoms with Crippen molar-refractivity contribution in [1.82, 2.24) is 9.97 Å². The van der Waals surface area contributed by atoms with Crippen LogP contribution in [0.15, 0.2) is 35.0 Å². The molecule has 3 N–H and O–H groups in total. The number of hydrogen-bond acceptors (Lipinski definition) is 7. The number of halogens is 2. The number of anilines is 1. The smallest absolute Gasteiger partial charge is 0.278 e. The van der Waals surface area contributed by atoms with Gasteiger partial charge in [-0.25, -0.2) is 4.98 Å². The molecule has 0 bridgehead atoms. The third kappa shape index (κ3) is 5.08. The molecule has 8 nitrogen and oxygen atoms in total. The summed E-state index contributed by atoms with van der Waals surface area (Å²) >= 11 is 12.2. The summed E-state index contributed by atoms with van der Waals surface area (Å²) in [5.74, 6) is 1.13. The van der Waals surface area contributed by atoms with E-state index in [0.29, 0.717) is 17.1 Å². The Labute approximate surface area is 201 Å². The third-order valence-electron chi connectivity index (χ3n) is 5.38. The van der Waals surface area contributed by atoms with Gasteiger partial charge in [-0.15, -0.1) is 0 Å². The first-order valence-electron chi connectivity index (χ1n) is 10.6. The molecule has 10 heteroatoms. The van der Waals surface area contributed by atoms with Gasteiger partial charge in [-0.1, -0.05) is 23.2 Å². The summed E-state index contributed by atoms with van der Waals surface area (Å²) in [6.45, 7) is 1.70. The van der Waals surface area contributed by atoms with E-state index in [1.807, 2.05) is 0 Å². The van der Waals surface area contributed by atoms with E-state index >= 15 is 0 Å². The fraction of sp³-hybridized carbons (Fsp3) is 0.348. The molecule has 4 rings (SSSR count). The monoisotopic (exact) mass is 490 g/mol. The largest absolute Gasteiger partial charge is 0.493 e. The first-order chi connectivity index (χ1) is 15.9. The fourth-order valence-corrected chi connectivity index (χ4v) is 4.18. The quantitative estimate of drug-likeness (QED) is 0.440. The average Bonchev–Trinajstić information content (AvgIpc) is 3.46. The number of rotatable bonds is 7. The highest BCUT2D eigenvalue weighted by Gasteiger charge is 2.26. The summed E-state index contributed by atoms with van der Waals surface area (Å²) < 4.78 is 17.5. The number of amides is 1. The minimum absolute atomic E-state index is 0.0398. The highest BCUT2D eigenvalue weighted by molar-refractivity contribution is 6.39. The molecule has 1 fully saturated rings. The zero-order valence-electron chi connectivity index (χ0n) is 18.2. The van der Waals surface area contributed by atoms with E-state index in [4.69, 9.17) is 42.8 Å². The standard InChI is InChI=1S/C23H24Cl2N4O4/c1-12(26)21-20(22(30)28-19-15(24)10-27-11-16(19)25)29-23(33-21)13-7-8-17(31-2)18(9-13)32-14-5-3-4-6-14/h7-12,14H,3-6,26H2,1-2H3,(H,27,28,30)/t12-/m0/s1. The highest BCUT2D eigenvalue weighted by atomic mass is 35.5. The summed E-state index contributed by atoms with van der Waals surface area (Å²) in [6, 6.07) is 4.79. The molecular weight excluding hydrogens is 467 g/mol. The van der Waals surface area contributed by atoms with Gasteiger partial charge in [-0.3, -0.25) is 9.78 Å². The fourth-order valence-electron chi connectivity index (χ4n) is 3.72. The van der Waals surface area contributed by atoms with Crippen molar-refractivity contribution in [2.45, 2.75) is 44.8 Å². The van der Waals surface area contributed by atoms with Crippen LogP contribution < -0.4 is 20.5 Å². The van der Waals surface area contributed by atoms with Crippen LogP contribution in [0.4, 0.5) is 5.69 Å². The lowest BCUT2D eigenvalue weighted by Crippen LogP contribution is -2.17. The molecule has 1 saturated carbocycles. The Bertz CT molecular complexity index is 1140. The number of ether oxygens (including phenoxy) is 2. The van der Waals surface area contributed by atoms with Crippen molar-refractivity contribution in [3.8, 4) is 23.0 Å². The number of nitrogens with one attached hydrogen (secondary N) is 1. The summed E-state index contributed by atoms with van der Waals surface area (Å²) in [6.07, 6.45) is 7.22. The first kappa shape index (κ1) is 23.4. The summed E-state index contributed by atoms with van der Waals surface area (Å²) in [4.78, 5) is 21.3. The van der Waals surface area contributed by atoms with Crippen LogP contribution in [-0.4, -0.2) is 29.1 Å². The summed E-state index contributed by atoms with van der Waals surface area (Å²) in [7, 11) is 1.59. The predicted octanol–water partition coefficient (Wildman–Crippen LogP) is 5.65. The number of nitrogens with zero attached hydrogens (tertiary/aromatic N) is 2. The minimum atomic E-state index is -0.581. The van der Waals surface area contributed by atoms with E-state index in [-0.39, 0.29) is 39.2 Å². The van der Waals surface area contributed by atoms with Crippen molar-refractivity contribution in [3.63, 3.8) is 0 Å². The lowest BCUT2D eigenvalue weighted by Gasteiger charge is -2.16. The average molecular weight is 491 g/mol. The SMILES string of the molecule is COc1ccc(-c2nc(C(=O)Nc3c(Cl)cncc3Cl)c([C@H](C)N)o2)cc1OC1CCCC1. The normalized spacial score (nSPS) is 14.8. The van der Waals surface area contributed by atoms with E-state index in [1.165, 1.54) is 12.4 Å². The molecule has 0 aliphatic heterocycles. The number of benzene rings is 1. The van der Waals surface area contributed by atoms with Gasteiger partial charge in [0, 0.05) is 18.0 Å². The van der Waals surface area contributed by atoms with E-state index in [2.05, 4.69) is 15.3 Å². The van der Waals surface area contributed by atoms with E-state index < -0.39 is 11.9 Å². The Morgan fingerprint density at radius 1 is 1.21 bits per heavy atom. The number of carbonyl (C=O) groups is 1. The zero-order chi connectivity index (χ0) is 23.5. The minimum Gasteiger partial charge on any atom is -0.493 e. The molecule has 174 valence electrons. The molecule has 1 amide bonds. The molecule has 0 saturated heterocycles. The highest BCUT2D eigenvalue weighted by Crippen LogP contribution is 2.36. The van der Waals surface area contributed by atoms with Gasteiger partial charge >= 0.3 is 0 Å². The van der Waals surface area contributed by atoms with Crippen LogP contribution in [0.5, 0.6) is 11.5 Å². The molecule has 33 heavy (non-hydrogen) atoms. The number of aromatic nitrogens is 2. The van der Waals surface area contributed by atoms with Crippen LogP contribution in [0.1, 0.15) is 54.9 Å². The van der Waals surface area contributed by atoms with Crippen molar-refractivity contribution in [2.75, 3.05) is 12.4 Å². The van der Waals surface area contributed by atoms with E-state index in [0.717, 1.165) is 25.7 Å². The maximum absolute atomic E-state index is 13.0. The van der Waals surface area contributed by atoms with Crippen LogP contribution in [0.3, 0.4) is 0 Å². The van der Waals surface area contributed by atoms with Gasteiger partial charge in [0.15, 0.2) is 23.0 Å². The second-order valence-electron chi connectivity index (χ2n) is 7.84. The van der Waals surface area contributed by atoms with Crippen molar-refractivity contribution >= 4 is 34.8 Å². The predicted molar refractivity (Wildman–Crippen MR) is 126 cm³/mol. The van der Waals surface area contributed by atoms with Crippen molar-refractivity contribution < 1.29 is 18.7 Å².